The summed E-state index contributed by atoms with van der Waals surface area (Å²) >= 11 is 19.4. The summed E-state index contributed by atoms with van der Waals surface area (Å²) in [4.78, 5) is 33.0. The molecular formula is C34H30BrCl2IN2O6S. The minimum absolute atomic E-state index is 0.193. The number of methoxy groups -OCH3 is 2. The van der Waals surface area contributed by atoms with Gasteiger partial charge in [-0.1, -0.05) is 60.0 Å². The Morgan fingerprint density at radius 1 is 1.09 bits per heavy atom. The van der Waals surface area contributed by atoms with Gasteiger partial charge in [0.05, 0.1) is 50.7 Å². The van der Waals surface area contributed by atoms with E-state index in [0.717, 1.165) is 26.7 Å². The molecule has 1 aromatic heterocycles. The number of esters is 1. The molecule has 5 rings (SSSR count). The van der Waals surface area contributed by atoms with Crippen molar-refractivity contribution in [3.05, 3.63) is 114 Å². The molecule has 13 heteroatoms. The van der Waals surface area contributed by atoms with Gasteiger partial charge in [0.25, 0.3) is 5.56 Å². The third-order valence-corrected chi connectivity index (χ3v) is 10.3. The van der Waals surface area contributed by atoms with Gasteiger partial charge >= 0.3 is 5.97 Å². The van der Waals surface area contributed by atoms with Crippen molar-refractivity contribution in [3.63, 3.8) is 0 Å². The Balaban J connectivity index is 1.62. The molecule has 47 heavy (non-hydrogen) atoms. The van der Waals surface area contributed by atoms with Crippen molar-refractivity contribution in [2.24, 2.45) is 4.99 Å². The second-order valence-corrected chi connectivity index (χ2v) is 14.2. The van der Waals surface area contributed by atoms with Gasteiger partial charge in [0, 0.05) is 15.6 Å². The van der Waals surface area contributed by atoms with Crippen LogP contribution < -0.4 is 29.1 Å². The zero-order valence-electron chi connectivity index (χ0n) is 25.9. The van der Waals surface area contributed by atoms with Gasteiger partial charge in [-0.3, -0.25) is 9.36 Å². The van der Waals surface area contributed by atoms with Crippen LogP contribution in [-0.4, -0.2) is 31.4 Å². The van der Waals surface area contributed by atoms with Crippen LogP contribution in [0.25, 0.3) is 6.08 Å². The number of halogens is 4. The lowest BCUT2D eigenvalue weighted by Gasteiger charge is -2.26. The molecule has 0 bridgehead atoms. The number of hydrogen-bond acceptors (Lipinski definition) is 8. The third kappa shape index (κ3) is 7.59. The van der Waals surface area contributed by atoms with Gasteiger partial charge in [-0.05, 0) is 105 Å². The van der Waals surface area contributed by atoms with Crippen molar-refractivity contribution in [1.29, 1.82) is 0 Å². The Morgan fingerprint density at radius 3 is 2.51 bits per heavy atom. The van der Waals surface area contributed by atoms with Crippen molar-refractivity contribution in [2.75, 3.05) is 20.8 Å². The summed E-state index contributed by atoms with van der Waals surface area (Å²) in [6.45, 7) is 4.18. The van der Waals surface area contributed by atoms with Crippen LogP contribution in [0.15, 0.2) is 74.1 Å². The van der Waals surface area contributed by atoms with E-state index in [0.29, 0.717) is 58.8 Å². The lowest BCUT2D eigenvalue weighted by molar-refractivity contribution is -0.139. The number of nitrogens with zero attached hydrogens (tertiary/aromatic N) is 2. The second kappa shape index (κ2) is 15.6. The number of aromatic nitrogens is 1. The summed E-state index contributed by atoms with van der Waals surface area (Å²) in [5.74, 6) is 1.17. The van der Waals surface area contributed by atoms with Gasteiger partial charge in [-0.25, -0.2) is 9.79 Å². The van der Waals surface area contributed by atoms with E-state index >= 15 is 0 Å². The highest BCUT2D eigenvalue weighted by Gasteiger charge is 2.34. The molecule has 1 aliphatic rings. The van der Waals surface area contributed by atoms with Crippen LogP contribution in [0, 0.1) is 3.57 Å². The Labute approximate surface area is 307 Å². The number of allylic oxidation sites excluding steroid dienone is 1. The molecule has 0 N–H and O–H groups in total. The first-order valence-corrected chi connectivity index (χ1v) is 18.0. The largest absolute Gasteiger partial charge is 0.496 e. The number of carbonyl (C=O) groups is 1. The zero-order valence-corrected chi connectivity index (χ0v) is 31.9. The Morgan fingerprint density at radius 2 is 1.85 bits per heavy atom. The first-order chi connectivity index (χ1) is 22.6. The van der Waals surface area contributed by atoms with Gasteiger partial charge in [-0.2, -0.15) is 0 Å². The number of rotatable bonds is 11. The number of hydrogen-bond donors (Lipinski definition) is 0. The molecule has 0 aliphatic carbocycles. The molecule has 0 amide bonds. The van der Waals surface area contributed by atoms with Gasteiger partial charge < -0.3 is 18.9 Å². The molecule has 0 saturated heterocycles. The first-order valence-electron chi connectivity index (χ1n) is 14.6. The van der Waals surface area contributed by atoms with Crippen LogP contribution in [0.3, 0.4) is 0 Å². The Kier molecular flexibility index (Phi) is 11.8. The molecule has 2 heterocycles. The summed E-state index contributed by atoms with van der Waals surface area (Å²) in [5.41, 5.74) is 2.90. The average Bonchev–Trinajstić information content (AvgIpc) is 3.34. The van der Waals surface area contributed by atoms with Crippen LogP contribution in [-0.2, 0) is 16.1 Å². The minimum atomic E-state index is -0.749. The van der Waals surface area contributed by atoms with E-state index in [9.17, 15) is 9.59 Å². The molecule has 0 unspecified atom stereocenters. The standard InChI is InChI=1S/C34H30BrCl2IN2O6S/c1-5-7-25-29(33(42)45-6-2)30(19-9-11-26(43-3)22(35)15-19)40-32(41)28(47-34(40)39-25)14-18-12-24(38)31(27(13-18)44-4)46-17-20-8-10-21(36)16-23(20)37/h8-16,30H,5-7,17H2,1-4H3/b28-14-/t30-/m1/s1. The van der Waals surface area contributed by atoms with Crippen LogP contribution in [0.2, 0.25) is 10.0 Å². The van der Waals surface area contributed by atoms with Crippen LogP contribution in [0.5, 0.6) is 17.2 Å². The number of benzene rings is 3. The molecule has 0 radical (unpaired) electrons. The molecule has 4 aromatic rings. The monoisotopic (exact) mass is 870 g/mol. The zero-order chi connectivity index (χ0) is 33.8. The molecule has 3 aromatic carbocycles. The SMILES string of the molecule is CCCC1=C(C(=O)OCC)[C@@H](c2ccc(OC)c(Br)c2)n2c(s/c(=C\c3cc(I)c(OCc4ccc(Cl)cc4Cl)c(OC)c3)c2=O)=N1. The van der Waals surface area contributed by atoms with Crippen LogP contribution in [0.1, 0.15) is 49.4 Å². The van der Waals surface area contributed by atoms with Crippen LogP contribution in [0.4, 0.5) is 0 Å². The summed E-state index contributed by atoms with van der Waals surface area (Å²) < 4.78 is 26.2. The van der Waals surface area contributed by atoms with E-state index in [1.165, 1.54) is 11.3 Å². The quantitative estimate of drug-likeness (QED) is 0.113. The van der Waals surface area contributed by atoms with E-state index in [4.69, 9.17) is 47.1 Å². The maximum absolute atomic E-state index is 14.2. The molecule has 0 spiro atoms. The highest BCUT2D eigenvalue weighted by Crippen LogP contribution is 2.37. The maximum atomic E-state index is 14.2. The summed E-state index contributed by atoms with van der Waals surface area (Å²) in [6.07, 6.45) is 3.10. The summed E-state index contributed by atoms with van der Waals surface area (Å²) in [5, 5.41) is 1.05. The van der Waals surface area contributed by atoms with Crippen molar-refractivity contribution < 1.29 is 23.7 Å². The second-order valence-electron chi connectivity index (χ2n) is 10.4. The van der Waals surface area contributed by atoms with Gasteiger partial charge in [0.2, 0.25) is 0 Å². The van der Waals surface area contributed by atoms with E-state index in [2.05, 4.69) is 38.5 Å². The van der Waals surface area contributed by atoms with Crippen molar-refractivity contribution in [2.45, 2.75) is 39.3 Å². The fourth-order valence-corrected chi connectivity index (χ4v) is 8.01. The predicted octanol–water partition coefficient (Wildman–Crippen LogP) is 7.85. The number of thiazole rings is 1. The highest BCUT2D eigenvalue weighted by molar-refractivity contribution is 14.1. The van der Waals surface area contributed by atoms with Crippen molar-refractivity contribution in [1.82, 2.24) is 4.57 Å². The van der Waals surface area contributed by atoms with Crippen molar-refractivity contribution >= 4 is 85.1 Å². The fraction of sp³-hybridized carbons (Fsp3) is 0.265. The van der Waals surface area contributed by atoms with E-state index in [1.807, 2.05) is 37.3 Å². The van der Waals surface area contributed by atoms with Gasteiger partial charge in [-0.15, -0.1) is 0 Å². The van der Waals surface area contributed by atoms with E-state index < -0.39 is 12.0 Å². The lowest BCUT2D eigenvalue weighted by atomic mass is 9.94. The third-order valence-electron chi connectivity index (χ3n) is 7.32. The van der Waals surface area contributed by atoms with Gasteiger partial charge in [0.15, 0.2) is 16.3 Å². The Hall–Kier alpha value is -2.84. The topological polar surface area (TPSA) is 88.4 Å². The highest BCUT2D eigenvalue weighted by atomic mass is 127. The van der Waals surface area contributed by atoms with E-state index in [-0.39, 0.29) is 18.8 Å². The molecule has 0 saturated carbocycles. The fourth-order valence-electron chi connectivity index (χ4n) is 5.19. The Bertz CT molecular complexity index is 2060. The molecule has 1 atom stereocenters. The average molecular weight is 872 g/mol. The molecular weight excluding hydrogens is 842 g/mol. The normalized spacial score (nSPS) is 14.5. The molecule has 8 nitrogen and oxygen atoms in total. The van der Waals surface area contributed by atoms with Crippen molar-refractivity contribution in [3.8, 4) is 17.2 Å². The predicted molar refractivity (Wildman–Crippen MR) is 197 cm³/mol. The summed E-state index contributed by atoms with van der Waals surface area (Å²) in [7, 11) is 3.14. The number of ether oxygens (including phenoxy) is 4. The first kappa shape index (κ1) is 35.5. The molecule has 1 aliphatic heterocycles. The van der Waals surface area contributed by atoms with E-state index in [1.54, 1.807) is 50.0 Å². The number of fused-ring (bicyclic) bond motifs is 1. The number of carbonyl (C=O) groups excluding carboxylic acids is 1. The molecule has 246 valence electrons. The lowest BCUT2D eigenvalue weighted by Crippen LogP contribution is -2.40. The van der Waals surface area contributed by atoms with Gasteiger partial charge in [0.1, 0.15) is 12.4 Å². The maximum Gasteiger partial charge on any atom is 0.338 e. The smallest absolute Gasteiger partial charge is 0.338 e. The van der Waals surface area contributed by atoms with Crippen LogP contribution >= 0.6 is 73.1 Å². The molecule has 0 fully saturated rings. The minimum Gasteiger partial charge on any atom is -0.496 e. The summed E-state index contributed by atoms with van der Waals surface area (Å²) in [6, 6.07) is 13.7.